The Morgan fingerprint density at radius 1 is 1.08 bits per heavy atom. The van der Waals surface area contributed by atoms with Crippen LogP contribution in [0.5, 0.6) is 5.75 Å². The van der Waals surface area contributed by atoms with Crippen molar-refractivity contribution in [2.24, 2.45) is 7.05 Å². The molecule has 2 saturated heterocycles. The van der Waals surface area contributed by atoms with Crippen molar-refractivity contribution < 1.29 is 9.84 Å². The van der Waals surface area contributed by atoms with Crippen LogP contribution in [0.25, 0.3) is 27.9 Å². The number of pyridine rings is 1. The van der Waals surface area contributed by atoms with E-state index in [0.29, 0.717) is 27.9 Å². The zero-order chi connectivity index (χ0) is 24.8. The van der Waals surface area contributed by atoms with Crippen molar-refractivity contribution in [1.82, 2.24) is 19.4 Å². The third kappa shape index (κ3) is 3.97. The number of morpholine rings is 1. The number of anilines is 1. The average Bonchev–Trinajstić information content (AvgIpc) is 3.48. The van der Waals surface area contributed by atoms with E-state index in [-0.39, 0.29) is 17.5 Å². The molecule has 4 heterocycles. The van der Waals surface area contributed by atoms with E-state index in [4.69, 9.17) is 16.3 Å². The molecule has 8 nitrogen and oxygen atoms in total. The number of hydrogen-bond donors (Lipinski definition) is 2. The number of phenols is 1. The van der Waals surface area contributed by atoms with Crippen LogP contribution in [-0.2, 0) is 11.8 Å². The van der Waals surface area contributed by atoms with Crippen molar-refractivity contribution in [3.05, 3.63) is 82.6 Å². The predicted molar refractivity (Wildman–Crippen MR) is 140 cm³/mol. The van der Waals surface area contributed by atoms with Crippen LogP contribution in [0.2, 0.25) is 5.02 Å². The summed E-state index contributed by atoms with van der Waals surface area (Å²) in [5, 5.41) is 15.2. The molecule has 2 aromatic carbocycles. The zero-order valence-electron chi connectivity index (χ0n) is 19.8. The minimum absolute atomic E-state index is 0.162. The van der Waals surface area contributed by atoms with Crippen LogP contribution in [0.1, 0.15) is 0 Å². The molecule has 2 fully saturated rings. The molecule has 9 heteroatoms. The molecular weight excluding hydrogens is 478 g/mol. The number of rotatable bonds is 4. The van der Waals surface area contributed by atoms with Gasteiger partial charge in [-0.1, -0.05) is 35.9 Å². The number of para-hydroxylation sites is 1. The summed E-state index contributed by atoms with van der Waals surface area (Å²) in [6.45, 7) is 3.23. The first kappa shape index (κ1) is 22.8. The normalized spacial score (nSPS) is 19.4. The number of aromatic hydroxyl groups is 1. The molecule has 2 aliphatic rings. The second kappa shape index (κ2) is 9.13. The van der Waals surface area contributed by atoms with Crippen LogP contribution in [0, 0.1) is 0 Å². The third-order valence-corrected chi connectivity index (χ3v) is 7.29. The third-order valence-electron chi connectivity index (χ3n) is 6.99. The van der Waals surface area contributed by atoms with E-state index < -0.39 is 0 Å². The molecule has 184 valence electrons. The van der Waals surface area contributed by atoms with Gasteiger partial charge in [0.05, 0.1) is 29.5 Å². The number of benzene rings is 2. The Kier molecular flexibility index (Phi) is 5.79. The highest BCUT2D eigenvalue weighted by molar-refractivity contribution is 6.32. The van der Waals surface area contributed by atoms with Gasteiger partial charge in [-0.25, -0.2) is 9.78 Å². The zero-order valence-corrected chi connectivity index (χ0v) is 20.5. The lowest BCUT2D eigenvalue weighted by atomic mass is 9.97. The van der Waals surface area contributed by atoms with Gasteiger partial charge in [-0.05, 0) is 35.4 Å². The van der Waals surface area contributed by atoms with Gasteiger partial charge in [0.2, 0.25) is 0 Å². The molecule has 2 N–H and O–H groups in total. The summed E-state index contributed by atoms with van der Waals surface area (Å²) in [4.78, 5) is 19.1. The quantitative estimate of drug-likeness (QED) is 0.444. The van der Waals surface area contributed by atoms with E-state index in [0.717, 1.165) is 43.2 Å². The fourth-order valence-electron chi connectivity index (χ4n) is 5.07. The minimum atomic E-state index is -0.178. The van der Waals surface area contributed by atoms with E-state index in [1.807, 2.05) is 36.4 Å². The van der Waals surface area contributed by atoms with Gasteiger partial charge in [0, 0.05) is 56.4 Å². The average molecular weight is 504 g/mol. The standard InChI is InChI=1S/C27H26ClN5O3/c1-31-10-11-33(27(31)35)23-6-5-17(13-21(23)28)19-3-2-4-20(26(19)34)18-7-8-30-25(14-18)32-15-22-24(16-32)36-12-9-29-22/h2-8,10-11,13-14,22,24,29,34H,9,12,15-16H2,1H3. The first-order valence-electron chi connectivity index (χ1n) is 11.9. The SMILES string of the molecule is Cn1ccn(-c2ccc(-c3cccc(-c4ccnc(N5CC6NCCOC6C5)c4)c3O)cc2Cl)c1=O. The molecule has 0 spiro atoms. The minimum Gasteiger partial charge on any atom is -0.507 e. The number of fused-ring (bicyclic) bond motifs is 1. The van der Waals surface area contributed by atoms with Gasteiger partial charge >= 0.3 is 5.69 Å². The molecule has 36 heavy (non-hydrogen) atoms. The van der Waals surface area contributed by atoms with Crippen molar-refractivity contribution >= 4 is 17.4 Å². The molecule has 2 aromatic heterocycles. The van der Waals surface area contributed by atoms with Crippen molar-refractivity contribution in [1.29, 1.82) is 0 Å². The number of halogens is 1. The van der Waals surface area contributed by atoms with Crippen molar-refractivity contribution in [3.8, 4) is 33.7 Å². The van der Waals surface area contributed by atoms with Crippen LogP contribution in [0.4, 0.5) is 5.82 Å². The number of phenolic OH excluding ortho intramolecular Hbond substituents is 1. The molecule has 2 aliphatic heterocycles. The van der Waals surface area contributed by atoms with Crippen LogP contribution in [0.3, 0.4) is 0 Å². The highest BCUT2D eigenvalue weighted by Gasteiger charge is 2.36. The summed E-state index contributed by atoms with van der Waals surface area (Å²) < 4.78 is 8.89. The van der Waals surface area contributed by atoms with Crippen LogP contribution >= 0.6 is 11.6 Å². The Morgan fingerprint density at radius 2 is 1.89 bits per heavy atom. The monoisotopic (exact) mass is 503 g/mol. The predicted octanol–water partition coefficient (Wildman–Crippen LogP) is 3.44. The molecule has 4 aromatic rings. The van der Waals surface area contributed by atoms with E-state index in [9.17, 15) is 9.90 Å². The fourth-order valence-corrected chi connectivity index (χ4v) is 5.34. The first-order chi connectivity index (χ1) is 17.5. The lowest BCUT2D eigenvalue weighted by Crippen LogP contribution is -2.47. The Morgan fingerprint density at radius 3 is 2.61 bits per heavy atom. The van der Waals surface area contributed by atoms with Gasteiger partial charge in [0.15, 0.2) is 0 Å². The second-order valence-corrected chi connectivity index (χ2v) is 9.61. The summed E-state index contributed by atoms with van der Waals surface area (Å²) >= 11 is 6.57. The van der Waals surface area contributed by atoms with Crippen molar-refractivity contribution in [2.45, 2.75) is 12.1 Å². The Labute approximate surface area is 213 Å². The van der Waals surface area contributed by atoms with Gasteiger partial charge in [-0.3, -0.25) is 4.57 Å². The molecular formula is C27H26ClN5O3. The molecule has 6 rings (SSSR count). The molecule has 0 radical (unpaired) electrons. The summed E-state index contributed by atoms with van der Waals surface area (Å²) in [7, 11) is 1.69. The lowest BCUT2D eigenvalue weighted by molar-refractivity contribution is 0.0212. The van der Waals surface area contributed by atoms with Gasteiger partial charge in [-0.15, -0.1) is 0 Å². The van der Waals surface area contributed by atoms with Gasteiger partial charge in [-0.2, -0.15) is 0 Å². The number of nitrogens with zero attached hydrogens (tertiary/aromatic N) is 4. The molecule has 2 atom stereocenters. The first-order valence-corrected chi connectivity index (χ1v) is 12.3. The van der Waals surface area contributed by atoms with Crippen LogP contribution in [-0.4, -0.2) is 57.6 Å². The summed E-state index contributed by atoms with van der Waals surface area (Å²) in [6, 6.07) is 15.3. The second-order valence-electron chi connectivity index (χ2n) is 9.21. The Balaban J connectivity index is 1.32. The molecule has 0 aliphatic carbocycles. The van der Waals surface area contributed by atoms with E-state index >= 15 is 0 Å². The smallest absolute Gasteiger partial charge is 0.332 e. The number of ether oxygens (including phenoxy) is 1. The number of hydrogen-bond acceptors (Lipinski definition) is 6. The Hall–Kier alpha value is -3.59. The Bertz CT molecular complexity index is 1480. The van der Waals surface area contributed by atoms with Crippen molar-refractivity contribution in [2.75, 3.05) is 31.1 Å². The fraction of sp³-hybridized carbons (Fsp3) is 0.259. The number of nitrogens with one attached hydrogen (secondary N) is 1. The maximum absolute atomic E-state index is 12.3. The summed E-state index contributed by atoms with van der Waals surface area (Å²) in [6.07, 6.45) is 5.31. The van der Waals surface area contributed by atoms with Gasteiger partial charge in [0.25, 0.3) is 0 Å². The lowest BCUT2D eigenvalue weighted by Gasteiger charge is -2.25. The van der Waals surface area contributed by atoms with Crippen LogP contribution in [0.15, 0.2) is 71.9 Å². The maximum Gasteiger partial charge on any atom is 0.332 e. The van der Waals surface area contributed by atoms with Gasteiger partial charge in [0.1, 0.15) is 11.6 Å². The number of aromatic nitrogens is 3. The number of aryl methyl sites for hydroxylation is 1. The maximum atomic E-state index is 12.3. The van der Waals surface area contributed by atoms with Gasteiger partial charge < -0.3 is 24.6 Å². The van der Waals surface area contributed by atoms with E-state index in [1.165, 1.54) is 9.13 Å². The molecule has 0 bridgehead atoms. The highest BCUT2D eigenvalue weighted by Crippen LogP contribution is 2.40. The topological polar surface area (TPSA) is 84.6 Å². The van der Waals surface area contributed by atoms with Crippen LogP contribution < -0.4 is 15.9 Å². The highest BCUT2D eigenvalue weighted by atomic mass is 35.5. The van der Waals surface area contributed by atoms with E-state index in [2.05, 4.69) is 15.2 Å². The molecule has 0 saturated carbocycles. The summed E-state index contributed by atoms with van der Waals surface area (Å²) in [5.74, 6) is 1.02. The number of imidazole rings is 1. The van der Waals surface area contributed by atoms with Crippen molar-refractivity contribution in [3.63, 3.8) is 0 Å². The summed E-state index contributed by atoms with van der Waals surface area (Å²) in [5.41, 5.74) is 3.41. The van der Waals surface area contributed by atoms with E-state index in [1.54, 1.807) is 37.8 Å². The largest absolute Gasteiger partial charge is 0.507 e. The molecule has 0 amide bonds. The molecule has 2 unspecified atom stereocenters.